The minimum absolute atomic E-state index is 0.0610. The molecule has 0 saturated heterocycles. The van der Waals surface area contributed by atoms with E-state index in [0.717, 1.165) is 4.88 Å². The van der Waals surface area contributed by atoms with Crippen LogP contribution in [0.3, 0.4) is 0 Å². The van der Waals surface area contributed by atoms with Crippen molar-refractivity contribution in [2.75, 3.05) is 0 Å². The quantitative estimate of drug-likeness (QED) is 0.657. The van der Waals surface area contributed by atoms with Crippen LogP contribution in [0.4, 0.5) is 5.69 Å². The highest BCUT2D eigenvalue weighted by Crippen LogP contribution is 2.26. The first-order valence-corrected chi connectivity index (χ1v) is 7.26. The molecule has 4 nitrogen and oxygen atoms in total. The molecule has 0 aliphatic rings. The molecule has 3 N–H and O–H groups in total. The predicted octanol–water partition coefficient (Wildman–Crippen LogP) is 3.06. The second kappa shape index (κ2) is 6.54. The number of aliphatic imine (C=N–C) groups is 1. The average Bonchev–Trinajstić information content (AvgIpc) is 2.94. The molecule has 0 radical (unpaired) electrons. The van der Waals surface area contributed by atoms with Crippen molar-refractivity contribution in [3.8, 4) is 5.75 Å². The van der Waals surface area contributed by atoms with Crippen molar-refractivity contribution in [2.45, 2.75) is 26.6 Å². The molecule has 0 spiro atoms. The molecule has 5 heteroatoms. The third kappa shape index (κ3) is 3.59. The normalized spacial score (nSPS) is 11.9. The van der Waals surface area contributed by atoms with Crippen molar-refractivity contribution in [1.29, 1.82) is 0 Å². The van der Waals surface area contributed by atoms with E-state index >= 15 is 0 Å². The predicted molar refractivity (Wildman–Crippen MR) is 82.8 cm³/mol. The Balaban J connectivity index is 2.28. The summed E-state index contributed by atoms with van der Waals surface area (Å²) in [5, 5.41) is 11.4. The van der Waals surface area contributed by atoms with Crippen molar-refractivity contribution >= 4 is 22.9 Å². The van der Waals surface area contributed by atoms with Gasteiger partial charge in [-0.15, -0.1) is 11.3 Å². The van der Waals surface area contributed by atoms with Gasteiger partial charge in [-0.3, -0.25) is 0 Å². The van der Waals surface area contributed by atoms with Gasteiger partial charge in [0.25, 0.3) is 0 Å². The van der Waals surface area contributed by atoms with Crippen LogP contribution >= 0.6 is 11.3 Å². The summed E-state index contributed by atoms with van der Waals surface area (Å²) < 4.78 is 5.63. The highest BCUT2D eigenvalue weighted by atomic mass is 32.1. The van der Waals surface area contributed by atoms with Crippen molar-refractivity contribution in [3.05, 3.63) is 46.2 Å². The number of aliphatic hydroxyl groups excluding tert-OH is 1. The molecule has 1 aromatic carbocycles. The van der Waals surface area contributed by atoms with Gasteiger partial charge in [0.15, 0.2) is 0 Å². The van der Waals surface area contributed by atoms with Gasteiger partial charge in [0.2, 0.25) is 0 Å². The summed E-state index contributed by atoms with van der Waals surface area (Å²) in [6.07, 6.45) is 0.0610. The Hall–Kier alpha value is -1.85. The van der Waals surface area contributed by atoms with Crippen molar-refractivity contribution in [2.24, 2.45) is 10.7 Å². The Morgan fingerprint density at radius 1 is 1.40 bits per heavy atom. The lowest BCUT2D eigenvalue weighted by Crippen LogP contribution is -2.10. The Morgan fingerprint density at radius 3 is 2.80 bits per heavy atom. The molecule has 0 saturated carbocycles. The van der Waals surface area contributed by atoms with Gasteiger partial charge >= 0.3 is 0 Å². The summed E-state index contributed by atoms with van der Waals surface area (Å²) in [5.74, 6) is 1.15. The highest BCUT2D eigenvalue weighted by molar-refractivity contribution is 7.12. The summed E-state index contributed by atoms with van der Waals surface area (Å²) >= 11 is 1.54. The lowest BCUT2D eigenvalue weighted by molar-refractivity contribution is 0.225. The zero-order valence-corrected chi connectivity index (χ0v) is 12.4. The molecular weight excluding hydrogens is 272 g/mol. The maximum Gasteiger partial charge on any atom is 0.141 e. The first-order chi connectivity index (χ1) is 9.60. The third-order valence-electron chi connectivity index (χ3n) is 2.60. The molecule has 0 aliphatic heterocycles. The fourth-order valence-corrected chi connectivity index (χ4v) is 2.37. The minimum Gasteiger partial charge on any atom is -0.491 e. The zero-order valence-electron chi connectivity index (χ0n) is 11.5. The Kier molecular flexibility index (Phi) is 4.76. The molecular formula is C15H18N2O2S. The van der Waals surface area contributed by atoms with Crippen LogP contribution in [0.25, 0.3) is 0 Å². The second-order valence-corrected chi connectivity index (χ2v) is 5.54. The summed E-state index contributed by atoms with van der Waals surface area (Å²) in [6, 6.07) is 9.29. The molecule has 2 rings (SSSR count). The summed E-state index contributed by atoms with van der Waals surface area (Å²) in [4.78, 5) is 5.30. The van der Waals surface area contributed by atoms with Crippen LogP contribution < -0.4 is 10.5 Å². The van der Waals surface area contributed by atoms with E-state index in [4.69, 9.17) is 10.5 Å². The van der Waals surface area contributed by atoms with Gasteiger partial charge < -0.3 is 15.6 Å². The van der Waals surface area contributed by atoms with Crippen LogP contribution in [0, 0.1) is 0 Å². The highest BCUT2D eigenvalue weighted by Gasteiger charge is 2.07. The Morgan fingerprint density at radius 2 is 2.20 bits per heavy atom. The monoisotopic (exact) mass is 290 g/mol. The van der Waals surface area contributed by atoms with E-state index < -0.39 is 0 Å². The van der Waals surface area contributed by atoms with Crippen molar-refractivity contribution in [1.82, 2.24) is 0 Å². The van der Waals surface area contributed by atoms with Gasteiger partial charge in [0.1, 0.15) is 11.6 Å². The average molecular weight is 290 g/mol. The third-order valence-corrected chi connectivity index (χ3v) is 3.49. The number of rotatable bonds is 5. The van der Waals surface area contributed by atoms with E-state index in [2.05, 4.69) is 4.99 Å². The molecule has 0 atom stereocenters. The van der Waals surface area contributed by atoms with Gasteiger partial charge in [0.05, 0.1) is 23.3 Å². The van der Waals surface area contributed by atoms with Crippen molar-refractivity contribution < 1.29 is 9.84 Å². The van der Waals surface area contributed by atoms with Crippen LogP contribution in [0.2, 0.25) is 0 Å². The van der Waals surface area contributed by atoms with Gasteiger partial charge in [0, 0.05) is 5.56 Å². The van der Waals surface area contributed by atoms with E-state index in [9.17, 15) is 5.11 Å². The number of amidine groups is 1. The first kappa shape index (κ1) is 14.6. The van der Waals surface area contributed by atoms with Crippen LogP contribution in [0.15, 0.2) is 40.7 Å². The first-order valence-electron chi connectivity index (χ1n) is 6.38. The molecule has 106 valence electrons. The lowest BCUT2D eigenvalue weighted by Gasteiger charge is -2.13. The van der Waals surface area contributed by atoms with E-state index in [1.54, 1.807) is 17.4 Å². The molecule has 1 heterocycles. The van der Waals surface area contributed by atoms with E-state index in [1.807, 2.05) is 43.5 Å². The Labute approximate surface area is 122 Å². The second-order valence-electron chi connectivity index (χ2n) is 4.59. The lowest BCUT2D eigenvalue weighted by atomic mass is 10.2. The van der Waals surface area contributed by atoms with Crippen LogP contribution in [0.5, 0.6) is 5.75 Å². The van der Waals surface area contributed by atoms with Gasteiger partial charge in [-0.25, -0.2) is 4.99 Å². The number of hydrogen-bond acceptors (Lipinski definition) is 4. The molecule has 0 fully saturated rings. The zero-order chi connectivity index (χ0) is 14.5. The van der Waals surface area contributed by atoms with E-state index in [-0.39, 0.29) is 12.7 Å². The van der Waals surface area contributed by atoms with Gasteiger partial charge in [-0.1, -0.05) is 6.07 Å². The number of aliphatic hydroxyl groups is 1. The Bertz CT molecular complexity index is 592. The standard InChI is InChI=1S/C15H18N2O2S/c1-10(2)19-13-6-5-12(8-11(13)9-18)17-15(16)14-4-3-7-20-14/h3-8,10,18H,9H2,1-2H3,(H2,16,17). The van der Waals surface area contributed by atoms with Crippen LogP contribution in [-0.2, 0) is 6.61 Å². The topological polar surface area (TPSA) is 67.8 Å². The van der Waals surface area contributed by atoms with E-state index in [1.165, 1.54) is 0 Å². The number of thiophene rings is 1. The number of hydrogen-bond donors (Lipinski definition) is 2. The van der Waals surface area contributed by atoms with E-state index in [0.29, 0.717) is 22.8 Å². The maximum absolute atomic E-state index is 9.42. The molecule has 20 heavy (non-hydrogen) atoms. The fourth-order valence-electron chi connectivity index (χ4n) is 1.75. The molecule has 0 bridgehead atoms. The summed E-state index contributed by atoms with van der Waals surface area (Å²) in [6.45, 7) is 3.80. The van der Waals surface area contributed by atoms with Crippen LogP contribution in [0.1, 0.15) is 24.3 Å². The number of ether oxygens (including phenoxy) is 1. The largest absolute Gasteiger partial charge is 0.491 e. The number of benzene rings is 1. The summed E-state index contributed by atoms with van der Waals surface area (Å²) in [7, 11) is 0. The number of nitrogens with zero attached hydrogens (tertiary/aromatic N) is 1. The maximum atomic E-state index is 9.42. The number of nitrogens with two attached hydrogens (primary N) is 1. The smallest absolute Gasteiger partial charge is 0.141 e. The van der Waals surface area contributed by atoms with Gasteiger partial charge in [-0.05, 0) is 43.5 Å². The van der Waals surface area contributed by atoms with Crippen LogP contribution in [-0.4, -0.2) is 17.0 Å². The molecule has 2 aromatic rings. The van der Waals surface area contributed by atoms with Crippen molar-refractivity contribution in [3.63, 3.8) is 0 Å². The fraction of sp³-hybridized carbons (Fsp3) is 0.267. The molecule has 1 aromatic heterocycles. The molecule has 0 aliphatic carbocycles. The summed E-state index contributed by atoms with van der Waals surface area (Å²) in [5.41, 5.74) is 7.36. The molecule has 0 unspecified atom stereocenters. The van der Waals surface area contributed by atoms with Gasteiger partial charge in [-0.2, -0.15) is 0 Å². The molecule has 0 amide bonds. The minimum atomic E-state index is -0.0929. The SMILES string of the molecule is CC(C)Oc1ccc(N=C(N)c2cccs2)cc1CO.